The van der Waals surface area contributed by atoms with Crippen LogP contribution >= 0.6 is 0 Å². The molecule has 168 valence electrons. The molecule has 0 radical (unpaired) electrons. The van der Waals surface area contributed by atoms with Gasteiger partial charge in [-0.15, -0.1) is 0 Å². The van der Waals surface area contributed by atoms with Gasteiger partial charge in [0.05, 0.1) is 18.7 Å². The summed E-state index contributed by atoms with van der Waals surface area (Å²) in [5.41, 5.74) is 1.11. The molecule has 0 aliphatic carbocycles. The van der Waals surface area contributed by atoms with E-state index < -0.39 is 17.7 Å². The normalized spacial score (nSPS) is 19.3. The van der Waals surface area contributed by atoms with Crippen LogP contribution in [0.15, 0.2) is 48.0 Å². The molecule has 1 atom stereocenters. The molecule has 8 heteroatoms. The van der Waals surface area contributed by atoms with E-state index in [-0.39, 0.29) is 11.3 Å². The highest BCUT2D eigenvalue weighted by Gasteiger charge is 2.45. The van der Waals surface area contributed by atoms with Crippen molar-refractivity contribution in [2.75, 3.05) is 40.6 Å². The van der Waals surface area contributed by atoms with Crippen LogP contribution in [-0.2, 0) is 14.3 Å². The molecule has 2 aromatic carbocycles. The maximum atomic E-state index is 13.0. The van der Waals surface area contributed by atoms with E-state index in [0.717, 1.165) is 0 Å². The molecule has 8 nitrogen and oxygen atoms in total. The van der Waals surface area contributed by atoms with Crippen LogP contribution in [0.25, 0.3) is 5.76 Å². The molecule has 32 heavy (non-hydrogen) atoms. The van der Waals surface area contributed by atoms with Crippen LogP contribution in [0.5, 0.6) is 17.2 Å². The molecule has 2 heterocycles. The number of methoxy groups -OCH3 is 2. The molecule has 1 amide bonds. The minimum absolute atomic E-state index is 0.0364. The highest BCUT2D eigenvalue weighted by molar-refractivity contribution is 6.46. The average Bonchev–Trinajstić information content (AvgIpc) is 3.08. The Labute approximate surface area is 185 Å². The molecule has 0 saturated carbocycles. The third-order valence-corrected chi connectivity index (χ3v) is 5.53. The van der Waals surface area contributed by atoms with Crippen LogP contribution in [0.1, 0.15) is 23.6 Å². The molecular formula is C24H25NO7. The van der Waals surface area contributed by atoms with Gasteiger partial charge in [0, 0.05) is 25.8 Å². The fourth-order valence-electron chi connectivity index (χ4n) is 3.97. The standard InChI is InChI=1S/C24H25NO7/c1-29-11-3-10-25-21(15-4-7-17(30-2)8-5-15)20(23(27)24(25)28)22(26)16-6-9-18-19(14-16)32-13-12-31-18/h4-9,14,21,26H,3,10-13H2,1-2H3/b22-20+/t21-/m0/s1. The zero-order valence-electron chi connectivity index (χ0n) is 18.0. The summed E-state index contributed by atoms with van der Waals surface area (Å²) in [5.74, 6) is 0.0686. The van der Waals surface area contributed by atoms with Crippen LogP contribution < -0.4 is 14.2 Å². The van der Waals surface area contributed by atoms with Gasteiger partial charge in [-0.25, -0.2) is 0 Å². The quantitative estimate of drug-likeness (QED) is 0.307. The molecule has 0 spiro atoms. The molecule has 0 bridgehead atoms. The molecule has 0 aromatic heterocycles. The number of carbonyl (C=O) groups excluding carboxylic acids is 2. The fourth-order valence-corrected chi connectivity index (χ4v) is 3.97. The van der Waals surface area contributed by atoms with Crippen LogP contribution in [0.3, 0.4) is 0 Å². The summed E-state index contributed by atoms with van der Waals surface area (Å²) in [6.45, 7) is 1.60. The summed E-state index contributed by atoms with van der Waals surface area (Å²) in [7, 11) is 3.14. The van der Waals surface area contributed by atoms with Crippen molar-refractivity contribution in [2.24, 2.45) is 0 Å². The van der Waals surface area contributed by atoms with E-state index >= 15 is 0 Å². The number of aliphatic hydroxyl groups is 1. The number of amides is 1. The van der Waals surface area contributed by atoms with Gasteiger partial charge < -0.3 is 29.0 Å². The number of likely N-dealkylation sites (tertiary alicyclic amines) is 1. The Morgan fingerprint density at radius 1 is 1.06 bits per heavy atom. The number of hydrogen-bond donors (Lipinski definition) is 1. The van der Waals surface area contributed by atoms with Gasteiger partial charge in [0.15, 0.2) is 11.5 Å². The van der Waals surface area contributed by atoms with E-state index in [1.165, 1.54) is 4.90 Å². The number of ketones is 1. The summed E-state index contributed by atoms with van der Waals surface area (Å²) in [5, 5.41) is 11.2. The molecule has 2 aliphatic rings. The smallest absolute Gasteiger partial charge is 0.295 e. The Balaban J connectivity index is 1.79. The van der Waals surface area contributed by atoms with Crippen molar-refractivity contribution >= 4 is 17.4 Å². The lowest BCUT2D eigenvalue weighted by atomic mass is 9.95. The molecule has 1 saturated heterocycles. The summed E-state index contributed by atoms with van der Waals surface area (Å²) < 4.78 is 21.5. The number of rotatable bonds is 7. The highest BCUT2D eigenvalue weighted by Crippen LogP contribution is 2.41. The number of aliphatic hydroxyl groups excluding tert-OH is 1. The van der Waals surface area contributed by atoms with Gasteiger partial charge in [-0.2, -0.15) is 0 Å². The van der Waals surface area contributed by atoms with Crippen molar-refractivity contribution < 1.29 is 33.6 Å². The molecule has 1 N–H and O–H groups in total. The zero-order chi connectivity index (χ0) is 22.7. The van der Waals surface area contributed by atoms with E-state index in [2.05, 4.69) is 0 Å². The third kappa shape index (κ3) is 4.01. The zero-order valence-corrected chi connectivity index (χ0v) is 18.0. The summed E-state index contributed by atoms with van der Waals surface area (Å²) in [6, 6.07) is 11.3. The summed E-state index contributed by atoms with van der Waals surface area (Å²) in [6.07, 6.45) is 0.556. The van der Waals surface area contributed by atoms with E-state index in [4.69, 9.17) is 18.9 Å². The SMILES string of the molecule is COCCCN1C(=O)C(=O)/C(=C(/O)c2ccc3c(c2)OCCO3)[C@@H]1c1ccc(OC)cc1. The Kier molecular flexibility index (Phi) is 6.32. The van der Waals surface area contributed by atoms with Crippen molar-refractivity contribution in [1.29, 1.82) is 0 Å². The highest BCUT2D eigenvalue weighted by atomic mass is 16.6. The molecular weight excluding hydrogens is 414 g/mol. The number of carbonyl (C=O) groups is 2. The Bertz CT molecular complexity index is 1040. The molecule has 2 aliphatic heterocycles. The minimum Gasteiger partial charge on any atom is -0.507 e. The van der Waals surface area contributed by atoms with Gasteiger partial charge in [-0.3, -0.25) is 9.59 Å². The number of benzene rings is 2. The van der Waals surface area contributed by atoms with E-state index in [1.807, 2.05) is 0 Å². The minimum atomic E-state index is -0.731. The van der Waals surface area contributed by atoms with Crippen molar-refractivity contribution in [3.05, 3.63) is 59.2 Å². The lowest BCUT2D eigenvalue weighted by Crippen LogP contribution is -2.31. The Morgan fingerprint density at radius 2 is 1.78 bits per heavy atom. The molecule has 4 rings (SSSR count). The fraction of sp³-hybridized carbons (Fsp3) is 0.333. The Morgan fingerprint density at radius 3 is 2.47 bits per heavy atom. The number of ether oxygens (including phenoxy) is 4. The van der Waals surface area contributed by atoms with Gasteiger partial charge >= 0.3 is 0 Å². The number of nitrogens with zero attached hydrogens (tertiary/aromatic N) is 1. The second-order valence-corrected chi connectivity index (χ2v) is 7.47. The first-order valence-corrected chi connectivity index (χ1v) is 10.4. The number of hydrogen-bond acceptors (Lipinski definition) is 7. The first-order valence-electron chi connectivity index (χ1n) is 10.4. The van der Waals surface area contributed by atoms with Crippen LogP contribution in [0.2, 0.25) is 0 Å². The average molecular weight is 439 g/mol. The first-order chi connectivity index (χ1) is 15.5. The number of fused-ring (bicyclic) bond motifs is 1. The maximum Gasteiger partial charge on any atom is 0.295 e. The second kappa shape index (κ2) is 9.32. The number of Topliss-reactive ketones (excluding diaryl/α,β-unsaturated/α-hetero) is 1. The van der Waals surface area contributed by atoms with Gasteiger partial charge in [0.25, 0.3) is 11.7 Å². The van der Waals surface area contributed by atoms with E-state index in [0.29, 0.717) is 61.2 Å². The van der Waals surface area contributed by atoms with Gasteiger partial charge in [-0.05, 0) is 42.3 Å². The van der Waals surface area contributed by atoms with Crippen molar-refractivity contribution in [1.82, 2.24) is 4.90 Å². The van der Waals surface area contributed by atoms with Crippen LogP contribution in [0, 0.1) is 0 Å². The van der Waals surface area contributed by atoms with Crippen LogP contribution in [0.4, 0.5) is 0 Å². The summed E-state index contributed by atoms with van der Waals surface area (Å²) >= 11 is 0. The van der Waals surface area contributed by atoms with Crippen LogP contribution in [-0.4, -0.2) is 62.3 Å². The largest absolute Gasteiger partial charge is 0.507 e. The van der Waals surface area contributed by atoms with Gasteiger partial charge in [0.1, 0.15) is 24.7 Å². The predicted octanol–water partition coefficient (Wildman–Crippen LogP) is 2.92. The third-order valence-electron chi connectivity index (χ3n) is 5.53. The van der Waals surface area contributed by atoms with Crippen molar-refractivity contribution in [3.63, 3.8) is 0 Å². The van der Waals surface area contributed by atoms with E-state index in [9.17, 15) is 14.7 Å². The van der Waals surface area contributed by atoms with Gasteiger partial charge in [-0.1, -0.05) is 12.1 Å². The molecule has 1 fully saturated rings. The van der Waals surface area contributed by atoms with Gasteiger partial charge in [0.2, 0.25) is 0 Å². The second-order valence-electron chi connectivity index (χ2n) is 7.47. The molecule has 0 unspecified atom stereocenters. The Hall–Kier alpha value is -3.52. The van der Waals surface area contributed by atoms with Crippen molar-refractivity contribution in [3.8, 4) is 17.2 Å². The van der Waals surface area contributed by atoms with Crippen molar-refractivity contribution in [2.45, 2.75) is 12.5 Å². The lowest BCUT2D eigenvalue weighted by molar-refractivity contribution is -0.140. The first kappa shape index (κ1) is 21.7. The van der Waals surface area contributed by atoms with E-state index in [1.54, 1.807) is 56.7 Å². The maximum absolute atomic E-state index is 13.0. The topological polar surface area (TPSA) is 94.5 Å². The summed E-state index contributed by atoms with van der Waals surface area (Å²) in [4.78, 5) is 27.4. The molecule has 2 aromatic rings. The predicted molar refractivity (Wildman–Crippen MR) is 116 cm³/mol. The lowest BCUT2D eigenvalue weighted by Gasteiger charge is -2.25. The monoisotopic (exact) mass is 439 g/mol.